The molecular formula is C59H37N3. The molecule has 0 unspecified atom stereocenters. The lowest BCUT2D eigenvalue weighted by Crippen LogP contribution is -2.06. The van der Waals surface area contributed by atoms with E-state index in [-0.39, 0.29) is 0 Å². The summed E-state index contributed by atoms with van der Waals surface area (Å²) in [7, 11) is 0. The Balaban J connectivity index is 1.12. The molecule has 0 atom stereocenters. The predicted molar refractivity (Wildman–Crippen MR) is 259 cm³/mol. The lowest BCUT2D eigenvalue weighted by molar-refractivity contribution is 1.09. The van der Waals surface area contributed by atoms with Gasteiger partial charge in [-0.2, -0.15) is 0 Å². The van der Waals surface area contributed by atoms with Crippen molar-refractivity contribution in [3.8, 4) is 61.8 Å². The van der Waals surface area contributed by atoms with Gasteiger partial charge in [0.15, 0.2) is 5.82 Å². The summed E-state index contributed by atoms with van der Waals surface area (Å²) in [6.07, 6.45) is 0.673. The summed E-state index contributed by atoms with van der Waals surface area (Å²) in [5.74, 6) is 0.712. The largest absolute Gasteiger partial charge is 0.307 e. The van der Waals surface area contributed by atoms with Crippen molar-refractivity contribution in [2.24, 2.45) is 0 Å². The molecular weight excluding hydrogens is 751 g/mol. The van der Waals surface area contributed by atoms with Crippen LogP contribution < -0.4 is 0 Å². The van der Waals surface area contributed by atoms with E-state index in [1.807, 2.05) is 0 Å². The Morgan fingerprint density at radius 2 is 0.984 bits per heavy atom. The fraction of sp³-hybridized carbons (Fsp3) is 0.0169. The highest BCUT2D eigenvalue weighted by molar-refractivity contribution is 6.23. The zero-order chi connectivity index (χ0) is 40.7. The third-order valence-electron chi connectivity index (χ3n) is 13.0. The molecule has 0 saturated heterocycles. The van der Waals surface area contributed by atoms with Gasteiger partial charge in [0.05, 0.1) is 28.1 Å². The summed E-state index contributed by atoms with van der Waals surface area (Å²) < 4.78 is 2.56. The monoisotopic (exact) mass is 787 g/mol. The topological polar surface area (TPSA) is 30.7 Å². The maximum absolute atomic E-state index is 5.62. The number of benzene rings is 10. The fourth-order valence-electron chi connectivity index (χ4n) is 10.0. The summed E-state index contributed by atoms with van der Waals surface area (Å²) >= 11 is 0. The van der Waals surface area contributed by atoms with Crippen molar-refractivity contribution < 1.29 is 0 Å². The summed E-state index contributed by atoms with van der Waals surface area (Å²) in [5.41, 5.74) is 15.7. The zero-order valence-electron chi connectivity index (χ0n) is 33.8. The van der Waals surface area contributed by atoms with Crippen LogP contribution in [0.25, 0.3) is 116 Å². The molecule has 0 radical (unpaired) electrons. The highest BCUT2D eigenvalue weighted by Crippen LogP contribution is 2.47. The SMILES string of the molecule is c1ccc(-c2nc(-c3ccc(-c4ccc5ccccc5c4)cc3)c3c(n2)-c2ccc4ccccc4c2-n2c4cc(ccc4c4cc(-c5ccccc5)c5ccccc5c42)C3)cc1. The van der Waals surface area contributed by atoms with Crippen LogP contribution in [0.3, 0.4) is 0 Å². The first-order valence-electron chi connectivity index (χ1n) is 21.4. The summed E-state index contributed by atoms with van der Waals surface area (Å²) in [6.45, 7) is 0. The molecule has 0 N–H and O–H groups in total. The van der Waals surface area contributed by atoms with Crippen molar-refractivity contribution in [3.63, 3.8) is 0 Å². The summed E-state index contributed by atoms with van der Waals surface area (Å²) in [4.78, 5) is 11.1. The third-order valence-corrected chi connectivity index (χ3v) is 13.0. The van der Waals surface area contributed by atoms with Crippen LogP contribution in [0.15, 0.2) is 212 Å². The molecule has 0 amide bonds. The molecule has 288 valence electrons. The normalized spacial score (nSPS) is 12.1. The second-order valence-corrected chi connectivity index (χ2v) is 16.5. The van der Waals surface area contributed by atoms with Gasteiger partial charge in [-0.1, -0.05) is 194 Å². The molecule has 0 aliphatic carbocycles. The Bertz CT molecular complexity index is 3750. The van der Waals surface area contributed by atoms with E-state index in [1.165, 1.54) is 81.9 Å². The number of rotatable bonds is 4. The van der Waals surface area contributed by atoms with Crippen LogP contribution in [0.5, 0.6) is 0 Å². The van der Waals surface area contributed by atoms with Gasteiger partial charge in [0.25, 0.3) is 0 Å². The molecule has 0 fully saturated rings. The fourth-order valence-corrected chi connectivity index (χ4v) is 10.0. The van der Waals surface area contributed by atoms with Gasteiger partial charge in [0.1, 0.15) is 0 Å². The smallest absolute Gasteiger partial charge is 0.160 e. The summed E-state index contributed by atoms with van der Waals surface area (Å²) in [5, 5.41) is 9.77. The van der Waals surface area contributed by atoms with E-state index in [0.717, 1.165) is 39.3 Å². The van der Waals surface area contributed by atoms with Crippen molar-refractivity contribution in [1.29, 1.82) is 0 Å². The van der Waals surface area contributed by atoms with Gasteiger partial charge in [-0.15, -0.1) is 0 Å². The van der Waals surface area contributed by atoms with Crippen LogP contribution in [0.1, 0.15) is 11.1 Å². The highest BCUT2D eigenvalue weighted by Gasteiger charge is 2.27. The average Bonchev–Trinajstić information content (AvgIpc) is 3.68. The number of hydrogen-bond acceptors (Lipinski definition) is 2. The third kappa shape index (κ3) is 5.38. The molecule has 13 rings (SSSR count). The molecule has 2 aromatic heterocycles. The van der Waals surface area contributed by atoms with E-state index in [2.05, 4.69) is 217 Å². The quantitative estimate of drug-likeness (QED) is 0.178. The minimum atomic E-state index is 0.673. The van der Waals surface area contributed by atoms with Gasteiger partial charge in [-0.05, 0) is 67.6 Å². The lowest BCUT2D eigenvalue weighted by atomic mass is 9.91. The van der Waals surface area contributed by atoms with Gasteiger partial charge >= 0.3 is 0 Å². The van der Waals surface area contributed by atoms with E-state index < -0.39 is 0 Å². The molecule has 10 aromatic carbocycles. The van der Waals surface area contributed by atoms with Gasteiger partial charge in [-0.3, -0.25) is 0 Å². The van der Waals surface area contributed by atoms with Crippen molar-refractivity contribution in [2.75, 3.05) is 0 Å². The Morgan fingerprint density at radius 1 is 0.355 bits per heavy atom. The van der Waals surface area contributed by atoms with Crippen LogP contribution in [-0.2, 0) is 6.42 Å². The first-order chi connectivity index (χ1) is 30.7. The number of nitrogens with zero attached hydrogens (tertiary/aromatic N) is 3. The number of fused-ring (bicyclic) bond motifs is 13. The molecule has 1 aliphatic heterocycles. The van der Waals surface area contributed by atoms with E-state index >= 15 is 0 Å². The van der Waals surface area contributed by atoms with Gasteiger partial charge in [0, 0.05) is 50.2 Å². The molecule has 0 spiro atoms. The van der Waals surface area contributed by atoms with E-state index in [0.29, 0.717) is 12.2 Å². The zero-order valence-corrected chi connectivity index (χ0v) is 33.8. The number of hydrogen-bond donors (Lipinski definition) is 0. The highest BCUT2D eigenvalue weighted by atomic mass is 15.0. The maximum atomic E-state index is 5.62. The van der Waals surface area contributed by atoms with Crippen molar-refractivity contribution in [3.05, 3.63) is 223 Å². The molecule has 1 aliphatic rings. The van der Waals surface area contributed by atoms with Crippen molar-refractivity contribution in [2.45, 2.75) is 6.42 Å². The van der Waals surface area contributed by atoms with Crippen LogP contribution in [0.4, 0.5) is 0 Å². The van der Waals surface area contributed by atoms with Gasteiger partial charge in [-0.25, -0.2) is 9.97 Å². The first kappa shape index (κ1) is 34.7. The Hall–Kier alpha value is -8.14. The standard InChI is InChI=1S/C59H37N3/c1-3-14-40(15-4-1)51-36-52-48-31-23-37-33-53-55(42-27-24-39(25-28-42)45-29-26-38-13-7-8-19-44(38)35-45)60-59(43-17-5-2-6-18-43)61-56(53)50-32-30-41-16-9-10-20-46(41)57(50)62(54(48)34-37)58(52)49-22-12-11-21-47(49)51/h1-32,34-36H,33H2. The Labute approximate surface area is 358 Å². The lowest BCUT2D eigenvalue weighted by Gasteiger charge is -2.21. The van der Waals surface area contributed by atoms with Crippen molar-refractivity contribution >= 4 is 54.1 Å². The molecule has 2 bridgehead atoms. The average molecular weight is 788 g/mol. The van der Waals surface area contributed by atoms with E-state index in [9.17, 15) is 0 Å². The maximum Gasteiger partial charge on any atom is 0.160 e. The molecule has 0 saturated carbocycles. The van der Waals surface area contributed by atoms with Crippen LogP contribution in [-0.4, -0.2) is 14.5 Å². The van der Waals surface area contributed by atoms with E-state index in [1.54, 1.807) is 0 Å². The molecule has 3 nitrogen and oxygen atoms in total. The first-order valence-corrected chi connectivity index (χ1v) is 21.4. The van der Waals surface area contributed by atoms with Crippen LogP contribution in [0, 0.1) is 0 Å². The second kappa shape index (κ2) is 13.7. The molecule has 62 heavy (non-hydrogen) atoms. The van der Waals surface area contributed by atoms with Gasteiger partial charge in [0.2, 0.25) is 0 Å². The minimum Gasteiger partial charge on any atom is -0.307 e. The molecule has 12 aromatic rings. The van der Waals surface area contributed by atoms with Crippen LogP contribution >= 0.6 is 0 Å². The molecule has 3 heterocycles. The minimum absolute atomic E-state index is 0.673. The predicted octanol–water partition coefficient (Wildman–Crippen LogP) is 15.3. The second-order valence-electron chi connectivity index (χ2n) is 16.5. The van der Waals surface area contributed by atoms with Crippen molar-refractivity contribution in [1.82, 2.24) is 14.5 Å². The van der Waals surface area contributed by atoms with Crippen LogP contribution in [0.2, 0.25) is 0 Å². The Morgan fingerprint density at radius 3 is 1.79 bits per heavy atom. The van der Waals surface area contributed by atoms with E-state index in [4.69, 9.17) is 9.97 Å². The number of aromatic nitrogens is 3. The Kier molecular flexibility index (Phi) is 7.67. The van der Waals surface area contributed by atoms with Gasteiger partial charge < -0.3 is 4.57 Å². The molecule has 3 heteroatoms. The summed E-state index contributed by atoms with van der Waals surface area (Å²) in [6, 6.07) is 77.3.